The average molecular weight is 1120 g/mol. The minimum absolute atomic E-state index is 0.0947. The van der Waals surface area contributed by atoms with Gasteiger partial charge in [0.2, 0.25) is 0 Å². The second-order valence-corrected chi connectivity index (χ2v) is 23.1. The smallest absolute Gasteiger partial charge is 0.310 e. The molecule has 80 heavy (non-hydrogen) atoms. The molecule has 0 aliphatic carbocycles. The molecule has 0 aromatic heterocycles. The molecule has 462 valence electrons. The fourth-order valence-corrected chi connectivity index (χ4v) is 10.0. The van der Waals surface area contributed by atoms with E-state index in [0.717, 1.165) is 103 Å². The number of unbranched alkanes of at least 4 members (excludes halogenated alkanes) is 39. The highest BCUT2D eigenvalue weighted by Crippen LogP contribution is 2.18. The summed E-state index contributed by atoms with van der Waals surface area (Å²) in [5, 5.41) is 0. The van der Waals surface area contributed by atoms with E-state index in [2.05, 4.69) is 93.7 Å². The Morgan fingerprint density at radius 3 is 0.875 bits per heavy atom. The fourth-order valence-electron chi connectivity index (χ4n) is 10.0. The van der Waals surface area contributed by atoms with E-state index in [1.54, 1.807) is 6.08 Å². The molecule has 0 saturated carbocycles. The Morgan fingerprint density at radius 2 is 0.550 bits per heavy atom. The third-order valence-corrected chi connectivity index (χ3v) is 15.1. The highest BCUT2D eigenvalue weighted by atomic mass is 16.6. The number of ether oxygens (including phenoxy) is 3. The van der Waals surface area contributed by atoms with Crippen LogP contribution in [-0.2, 0) is 28.6 Å². The van der Waals surface area contributed by atoms with Crippen molar-refractivity contribution >= 4 is 17.9 Å². The molecule has 0 spiro atoms. The molecule has 0 amide bonds. The minimum Gasteiger partial charge on any atom is -0.462 e. The van der Waals surface area contributed by atoms with E-state index in [9.17, 15) is 14.4 Å². The van der Waals surface area contributed by atoms with Crippen molar-refractivity contribution in [2.75, 3.05) is 13.2 Å². The van der Waals surface area contributed by atoms with Crippen LogP contribution in [0.1, 0.15) is 348 Å². The van der Waals surface area contributed by atoms with E-state index >= 15 is 0 Å². The number of rotatable bonds is 63. The van der Waals surface area contributed by atoms with Gasteiger partial charge in [-0.25, -0.2) is 0 Å². The molecule has 0 N–H and O–H groups in total. The fraction of sp³-hybridized carbons (Fsp3) is 0.770. The Bertz CT molecular complexity index is 1520. The molecule has 0 heterocycles. The van der Waals surface area contributed by atoms with E-state index < -0.39 is 12.1 Å². The Morgan fingerprint density at radius 1 is 0.275 bits per heavy atom. The maximum Gasteiger partial charge on any atom is 0.310 e. The molecule has 0 aliphatic heterocycles. The molecule has 0 saturated heterocycles. The van der Waals surface area contributed by atoms with E-state index in [-0.39, 0.29) is 31.6 Å². The number of carbonyl (C=O) groups excluding carboxylic acids is 3. The summed E-state index contributed by atoms with van der Waals surface area (Å²) in [6.07, 6.45) is 91.0. The Hall–Kier alpha value is -3.41. The first-order chi connectivity index (χ1) is 39.5. The standard InChI is InChI=1S/C74H130O6/c1-4-7-10-13-16-19-22-25-27-28-29-30-31-32-33-34-35-36-37-38-39-40-41-42-43-44-45-47-49-52-55-58-61-64-67-73(76)79-70-71(69-78-72(75)66-63-60-57-54-51-48-24-21-18-15-12-9-6-3)80-74(77)68-65-62-59-56-53-50-46-26-23-20-17-14-11-8-5-2/h8,11-12,15,17,20-21,24,26,46,53,56,62,65,71H,4-7,9-10,13-14,16,18-19,22-23,25,27-45,47-52,54-55,57-61,63-64,66-70H2,1-3H3/b11-8-,15-12-,20-17-,24-21-,46-26-,56-53-,65-62-. The lowest BCUT2D eigenvalue weighted by Gasteiger charge is -2.18. The summed E-state index contributed by atoms with van der Waals surface area (Å²) in [4.78, 5) is 38.2. The summed E-state index contributed by atoms with van der Waals surface area (Å²) in [7, 11) is 0. The van der Waals surface area contributed by atoms with Crippen molar-refractivity contribution in [3.8, 4) is 0 Å². The van der Waals surface area contributed by atoms with E-state index in [1.807, 2.05) is 6.08 Å². The molecule has 6 nitrogen and oxygen atoms in total. The van der Waals surface area contributed by atoms with Gasteiger partial charge in [-0.1, -0.05) is 343 Å². The van der Waals surface area contributed by atoms with Crippen LogP contribution < -0.4 is 0 Å². The van der Waals surface area contributed by atoms with Gasteiger partial charge < -0.3 is 14.2 Å². The first kappa shape index (κ1) is 76.6. The lowest BCUT2D eigenvalue weighted by Crippen LogP contribution is -2.30. The molecule has 6 heteroatoms. The van der Waals surface area contributed by atoms with Crippen LogP contribution in [0.25, 0.3) is 0 Å². The molecular weight excluding hydrogens is 985 g/mol. The van der Waals surface area contributed by atoms with Crippen LogP contribution >= 0.6 is 0 Å². The van der Waals surface area contributed by atoms with Crippen LogP contribution in [-0.4, -0.2) is 37.2 Å². The van der Waals surface area contributed by atoms with Crippen molar-refractivity contribution in [3.05, 3.63) is 85.1 Å². The molecular formula is C74H130O6. The van der Waals surface area contributed by atoms with Crippen molar-refractivity contribution in [1.82, 2.24) is 0 Å². The van der Waals surface area contributed by atoms with Gasteiger partial charge in [-0.3, -0.25) is 14.4 Å². The highest BCUT2D eigenvalue weighted by Gasteiger charge is 2.19. The predicted molar refractivity (Wildman–Crippen MR) is 348 cm³/mol. The molecule has 0 aromatic rings. The van der Waals surface area contributed by atoms with Crippen LogP contribution in [0.4, 0.5) is 0 Å². The van der Waals surface area contributed by atoms with Crippen molar-refractivity contribution in [3.63, 3.8) is 0 Å². The highest BCUT2D eigenvalue weighted by molar-refractivity contribution is 5.72. The molecule has 0 bridgehead atoms. The van der Waals surface area contributed by atoms with Gasteiger partial charge in [-0.15, -0.1) is 0 Å². The zero-order valence-electron chi connectivity index (χ0n) is 53.1. The first-order valence-corrected chi connectivity index (χ1v) is 34.6. The van der Waals surface area contributed by atoms with Gasteiger partial charge in [0.1, 0.15) is 13.2 Å². The van der Waals surface area contributed by atoms with Crippen molar-refractivity contribution in [2.45, 2.75) is 354 Å². The summed E-state index contributed by atoms with van der Waals surface area (Å²) < 4.78 is 16.8. The predicted octanol–water partition coefficient (Wildman–Crippen LogP) is 23.8. The minimum atomic E-state index is -0.837. The lowest BCUT2D eigenvalue weighted by molar-refractivity contribution is -0.166. The molecule has 0 fully saturated rings. The average Bonchev–Trinajstić information content (AvgIpc) is 3.46. The zero-order chi connectivity index (χ0) is 57.8. The lowest BCUT2D eigenvalue weighted by atomic mass is 10.0. The molecule has 0 aliphatic rings. The summed E-state index contributed by atoms with van der Waals surface area (Å²) >= 11 is 0. The largest absolute Gasteiger partial charge is 0.462 e. The third kappa shape index (κ3) is 65.4. The van der Waals surface area contributed by atoms with Gasteiger partial charge in [-0.05, 0) is 70.6 Å². The zero-order valence-corrected chi connectivity index (χ0v) is 53.1. The topological polar surface area (TPSA) is 78.9 Å². The van der Waals surface area contributed by atoms with Crippen molar-refractivity contribution in [1.29, 1.82) is 0 Å². The summed E-state index contributed by atoms with van der Waals surface area (Å²) in [6.45, 7) is 6.40. The van der Waals surface area contributed by atoms with Gasteiger partial charge in [0.25, 0.3) is 0 Å². The SMILES string of the molecule is CC/C=C\C/C=C\C/C=C\C/C=C\C/C=C\CC(=O)OC(COC(=O)CCCCCCC/C=C\C/C=C\CCC)COC(=O)CCCCCCCCCCCCCCCCCCCCCCCCCCCCCCCCCCCC. The second kappa shape index (κ2) is 68.1. The number of esters is 3. The van der Waals surface area contributed by atoms with Gasteiger partial charge >= 0.3 is 17.9 Å². The molecule has 1 atom stereocenters. The van der Waals surface area contributed by atoms with E-state index in [1.165, 1.54) is 205 Å². The second-order valence-electron chi connectivity index (χ2n) is 23.1. The Balaban J connectivity index is 4.13. The van der Waals surface area contributed by atoms with E-state index in [0.29, 0.717) is 12.8 Å². The van der Waals surface area contributed by atoms with Crippen molar-refractivity contribution < 1.29 is 28.6 Å². The van der Waals surface area contributed by atoms with Gasteiger partial charge in [0.05, 0.1) is 6.42 Å². The van der Waals surface area contributed by atoms with Crippen LogP contribution in [0.15, 0.2) is 85.1 Å². The number of allylic oxidation sites excluding steroid dienone is 13. The molecule has 1 unspecified atom stereocenters. The monoisotopic (exact) mass is 1110 g/mol. The molecule has 0 rings (SSSR count). The number of hydrogen-bond donors (Lipinski definition) is 0. The van der Waals surface area contributed by atoms with E-state index in [4.69, 9.17) is 14.2 Å². The normalized spacial score (nSPS) is 12.6. The molecule has 0 aromatic carbocycles. The van der Waals surface area contributed by atoms with Crippen LogP contribution in [0.5, 0.6) is 0 Å². The van der Waals surface area contributed by atoms with Gasteiger partial charge in [0, 0.05) is 12.8 Å². The van der Waals surface area contributed by atoms with Gasteiger partial charge in [0.15, 0.2) is 6.10 Å². The maximum absolute atomic E-state index is 12.8. The third-order valence-electron chi connectivity index (χ3n) is 15.1. The van der Waals surface area contributed by atoms with Gasteiger partial charge in [-0.2, -0.15) is 0 Å². The summed E-state index contributed by atoms with van der Waals surface area (Å²) in [6, 6.07) is 0. The van der Waals surface area contributed by atoms with Crippen LogP contribution in [0.3, 0.4) is 0 Å². The van der Waals surface area contributed by atoms with Crippen molar-refractivity contribution in [2.24, 2.45) is 0 Å². The maximum atomic E-state index is 12.8. The molecule has 0 radical (unpaired) electrons. The quantitative estimate of drug-likeness (QED) is 0.0261. The summed E-state index contributed by atoms with van der Waals surface area (Å²) in [5.74, 6) is -1.05. The van der Waals surface area contributed by atoms with Crippen LogP contribution in [0.2, 0.25) is 0 Å². The Labute approximate surface area is 496 Å². The number of carbonyl (C=O) groups is 3. The first-order valence-electron chi connectivity index (χ1n) is 34.6. The Kier molecular flexibility index (Phi) is 65.2. The van der Waals surface area contributed by atoms with Crippen LogP contribution in [0, 0.1) is 0 Å². The number of hydrogen-bond acceptors (Lipinski definition) is 6. The summed E-state index contributed by atoms with van der Waals surface area (Å²) in [5.41, 5.74) is 0.